The molecule has 0 aliphatic rings. The number of unbranched alkanes of at least 4 members (excludes halogenated alkanes) is 2. The summed E-state index contributed by atoms with van der Waals surface area (Å²) in [5.41, 5.74) is 8.09. The first-order valence-electron chi connectivity index (χ1n) is 9.66. The summed E-state index contributed by atoms with van der Waals surface area (Å²) in [5, 5.41) is 19.1. The lowest BCUT2D eigenvalue weighted by Gasteiger charge is -2.32. The van der Waals surface area contributed by atoms with Crippen molar-refractivity contribution in [2.75, 3.05) is 6.54 Å². The molecule has 0 saturated heterocycles. The van der Waals surface area contributed by atoms with Gasteiger partial charge in [0.05, 0.1) is 0 Å². The van der Waals surface area contributed by atoms with Crippen molar-refractivity contribution in [3.63, 3.8) is 0 Å². The van der Waals surface area contributed by atoms with Gasteiger partial charge in [-0.25, -0.2) is 10.6 Å². The molecule has 0 aliphatic heterocycles. The molecular weight excluding hydrogens is 451 g/mol. The van der Waals surface area contributed by atoms with Crippen molar-refractivity contribution < 1.29 is 42.6 Å². The quantitative estimate of drug-likeness (QED) is 0.0723. The standard InChI is InChI=1S/C19H26F3N5O6/c1-18(15(30)31,27(25)33-16(32)19(20,21)22)10-11-6-7-12(28)9-13(11)14(29)5-3-2-4-8-26-17(23)24/h6-7,9,28H,2-5,8,10,25H2,1H3,(H,30,31)(H4,23,24,26)/t18-/m0/s1. The highest BCUT2D eigenvalue weighted by Crippen LogP contribution is 2.27. The molecule has 0 fully saturated rings. The number of phenolic OH excluding ortho intramolecular Hbond substituents is 1. The molecule has 8 N–H and O–H groups in total. The number of carboxylic acids is 1. The molecule has 1 aromatic carbocycles. The number of Topliss-reactive ketones (excluding diaryl/α,β-unsaturated/α-hetero) is 1. The number of carbonyl (C=O) groups is 3. The van der Waals surface area contributed by atoms with Crippen molar-refractivity contribution >= 4 is 23.7 Å². The molecule has 0 bridgehead atoms. The van der Waals surface area contributed by atoms with Crippen molar-refractivity contribution in [1.82, 2.24) is 5.17 Å². The van der Waals surface area contributed by atoms with Crippen LogP contribution in [0.2, 0.25) is 0 Å². The van der Waals surface area contributed by atoms with Crippen molar-refractivity contribution in [2.24, 2.45) is 22.3 Å². The summed E-state index contributed by atoms with van der Waals surface area (Å²) >= 11 is 0. The number of hydroxylamine groups is 1. The number of carbonyl (C=O) groups excluding carboxylic acids is 2. The van der Waals surface area contributed by atoms with Crippen LogP contribution in [0.1, 0.15) is 48.5 Å². The van der Waals surface area contributed by atoms with Gasteiger partial charge in [0.1, 0.15) is 5.75 Å². The van der Waals surface area contributed by atoms with E-state index in [4.69, 9.17) is 17.3 Å². The highest BCUT2D eigenvalue weighted by Gasteiger charge is 2.48. The van der Waals surface area contributed by atoms with Gasteiger partial charge in [0.15, 0.2) is 17.3 Å². The van der Waals surface area contributed by atoms with E-state index in [1.807, 2.05) is 0 Å². The summed E-state index contributed by atoms with van der Waals surface area (Å²) in [5.74, 6) is 0.159. The highest BCUT2D eigenvalue weighted by atomic mass is 19.4. The van der Waals surface area contributed by atoms with Gasteiger partial charge < -0.3 is 26.5 Å². The summed E-state index contributed by atoms with van der Waals surface area (Å²) in [6, 6.07) is 3.52. The van der Waals surface area contributed by atoms with Gasteiger partial charge in [-0.3, -0.25) is 14.6 Å². The zero-order chi connectivity index (χ0) is 25.4. The van der Waals surface area contributed by atoms with E-state index in [-0.39, 0.29) is 34.4 Å². The molecule has 1 rings (SSSR count). The number of rotatable bonds is 12. The second-order valence-corrected chi connectivity index (χ2v) is 7.34. The number of nitrogens with zero attached hydrogens (tertiary/aromatic N) is 2. The third-order valence-electron chi connectivity index (χ3n) is 4.64. The normalized spacial score (nSPS) is 13.3. The van der Waals surface area contributed by atoms with E-state index in [0.717, 1.165) is 13.0 Å². The van der Waals surface area contributed by atoms with E-state index in [1.165, 1.54) is 12.1 Å². The number of guanidine groups is 1. The number of halogens is 3. The fraction of sp³-hybridized carbons (Fsp3) is 0.474. The van der Waals surface area contributed by atoms with Crippen molar-refractivity contribution in [1.29, 1.82) is 0 Å². The highest BCUT2D eigenvalue weighted by molar-refractivity contribution is 5.98. The Morgan fingerprint density at radius 3 is 2.33 bits per heavy atom. The first-order chi connectivity index (χ1) is 15.2. The molecule has 0 spiro atoms. The third-order valence-corrected chi connectivity index (χ3v) is 4.64. The van der Waals surface area contributed by atoms with Crippen molar-refractivity contribution in [3.05, 3.63) is 29.3 Å². The third kappa shape index (κ3) is 8.23. The van der Waals surface area contributed by atoms with Crippen LogP contribution >= 0.6 is 0 Å². The average Bonchev–Trinajstić information content (AvgIpc) is 2.70. The van der Waals surface area contributed by atoms with Crippen molar-refractivity contribution in [3.8, 4) is 5.75 Å². The molecule has 1 atom stereocenters. The van der Waals surface area contributed by atoms with Gasteiger partial charge in [-0.15, -0.1) is 0 Å². The first-order valence-corrected chi connectivity index (χ1v) is 9.66. The van der Waals surface area contributed by atoms with E-state index < -0.39 is 35.9 Å². The van der Waals surface area contributed by atoms with Crippen molar-refractivity contribution in [2.45, 2.75) is 50.7 Å². The van der Waals surface area contributed by atoms with Gasteiger partial charge in [0.2, 0.25) is 0 Å². The van der Waals surface area contributed by atoms with E-state index in [2.05, 4.69) is 9.83 Å². The minimum atomic E-state index is -5.40. The molecule has 33 heavy (non-hydrogen) atoms. The van der Waals surface area contributed by atoms with Gasteiger partial charge in [-0.2, -0.15) is 13.2 Å². The number of carboxylic acid groups (broad SMARTS) is 1. The molecule has 0 heterocycles. The zero-order valence-electron chi connectivity index (χ0n) is 17.8. The van der Waals surface area contributed by atoms with Crippen LogP contribution in [0.25, 0.3) is 0 Å². The molecule has 184 valence electrons. The number of phenols is 1. The predicted molar refractivity (Wildman–Crippen MR) is 110 cm³/mol. The van der Waals surface area contributed by atoms with Gasteiger partial charge >= 0.3 is 18.1 Å². The summed E-state index contributed by atoms with van der Waals surface area (Å²) in [7, 11) is 0. The number of aliphatic carboxylic acids is 1. The minimum absolute atomic E-state index is 0.0391. The average molecular weight is 477 g/mol. The van der Waals surface area contributed by atoms with Crippen LogP contribution in [-0.2, 0) is 20.8 Å². The molecular formula is C19H26F3N5O6. The van der Waals surface area contributed by atoms with E-state index in [9.17, 15) is 37.8 Å². The van der Waals surface area contributed by atoms with Gasteiger partial charge in [0.25, 0.3) is 0 Å². The number of benzene rings is 1. The molecule has 1 aromatic rings. The SMILES string of the molecule is C[C@](Cc1ccc(O)cc1C(=O)CCCCCN=C(N)N)(C(=O)O)N(N)OC(=O)C(F)(F)F. The van der Waals surface area contributed by atoms with Gasteiger partial charge in [0, 0.05) is 24.9 Å². The lowest BCUT2D eigenvalue weighted by atomic mass is 9.88. The zero-order valence-corrected chi connectivity index (χ0v) is 17.8. The molecule has 11 nitrogen and oxygen atoms in total. The number of ketones is 1. The largest absolute Gasteiger partial charge is 0.508 e. The Bertz CT molecular complexity index is 904. The molecule has 0 aliphatic carbocycles. The first kappa shape index (κ1) is 27.6. The summed E-state index contributed by atoms with van der Waals surface area (Å²) in [6.07, 6.45) is -4.32. The summed E-state index contributed by atoms with van der Waals surface area (Å²) in [4.78, 5) is 43.3. The predicted octanol–water partition coefficient (Wildman–Crippen LogP) is 0.991. The molecule has 14 heteroatoms. The lowest BCUT2D eigenvalue weighted by Crippen LogP contribution is -2.59. The Kier molecular flexibility index (Phi) is 9.61. The molecule has 0 saturated carbocycles. The number of aromatic hydroxyl groups is 1. The Balaban J connectivity index is 3.02. The second kappa shape index (κ2) is 11.5. The van der Waals surface area contributed by atoms with E-state index in [1.54, 1.807) is 0 Å². The maximum absolute atomic E-state index is 12.7. The number of nitrogens with two attached hydrogens (primary N) is 3. The van der Waals surface area contributed by atoms with Crippen LogP contribution in [0.5, 0.6) is 5.75 Å². The van der Waals surface area contributed by atoms with Crippen LogP contribution in [0.15, 0.2) is 23.2 Å². The summed E-state index contributed by atoms with van der Waals surface area (Å²) < 4.78 is 37.4. The Hall–Kier alpha value is -3.39. The lowest BCUT2D eigenvalue weighted by molar-refractivity contribution is -0.260. The van der Waals surface area contributed by atoms with Crippen LogP contribution in [-0.4, -0.2) is 57.3 Å². The van der Waals surface area contributed by atoms with Gasteiger partial charge in [-0.05, 0) is 37.5 Å². The Labute approximate surface area is 186 Å². The molecule has 0 unspecified atom stereocenters. The summed E-state index contributed by atoms with van der Waals surface area (Å²) in [6.45, 7) is 1.30. The van der Waals surface area contributed by atoms with Crippen LogP contribution in [0, 0.1) is 0 Å². The smallest absolute Gasteiger partial charge is 0.492 e. The number of aliphatic imine (C=N–C) groups is 1. The number of hydrogen-bond acceptors (Lipinski definition) is 8. The molecule has 0 aromatic heterocycles. The fourth-order valence-corrected chi connectivity index (χ4v) is 2.76. The van der Waals surface area contributed by atoms with E-state index >= 15 is 0 Å². The minimum Gasteiger partial charge on any atom is -0.508 e. The van der Waals surface area contributed by atoms with Crippen LogP contribution < -0.4 is 17.3 Å². The maximum atomic E-state index is 12.7. The monoisotopic (exact) mass is 477 g/mol. The fourth-order valence-electron chi connectivity index (χ4n) is 2.76. The molecule has 0 radical (unpaired) electrons. The van der Waals surface area contributed by atoms with Crippen LogP contribution in [0.3, 0.4) is 0 Å². The van der Waals surface area contributed by atoms with E-state index in [0.29, 0.717) is 25.8 Å². The topological polar surface area (TPSA) is 195 Å². The second-order valence-electron chi connectivity index (χ2n) is 7.34. The Morgan fingerprint density at radius 2 is 1.79 bits per heavy atom. The molecule has 0 amide bonds. The number of hydrazine groups is 1. The number of alkyl halides is 3. The Morgan fingerprint density at radius 1 is 1.15 bits per heavy atom. The van der Waals surface area contributed by atoms with Crippen LogP contribution in [0.4, 0.5) is 13.2 Å². The van der Waals surface area contributed by atoms with Gasteiger partial charge in [-0.1, -0.05) is 17.7 Å². The number of hydrogen-bond donors (Lipinski definition) is 5. The maximum Gasteiger partial charge on any atom is 0.492 e.